The number of amides is 1. The number of nitrogens with one attached hydrogen (secondary N) is 1. The average Bonchev–Trinajstić information content (AvgIpc) is 2.05. The first-order valence-corrected chi connectivity index (χ1v) is 6.32. The molecule has 1 fully saturated rings. The highest BCUT2D eigenvalue weighted by Gasteiger charge is 2.44. The molecular weight excluding hydrogens is 200 g/mol. The van der Waals surface area contributed by atoms with Gasteiger partial charge in [0.2, 0.25) is 5.91 Å². The Labute approximate surface area is 99.2 Å². The molecule has 0 aliphatic heterocycles. The number of carbonyl (C=O) groups excluding carboxylic acids is 1. The zero-order chi connectivity index (χ0) is 12.4. The van der Waals surface area contributed by atoms with Gasteiger partial charge in [0.15, 0.2) is 0 Å². The molecule has 1 saturated carbocycles. The van der Waals surface area contributed by atoms with Crippen LogP contribution in [0, 0.1) is 11.3 Å². The lowest BCUT2D eigenvalue weighted by Crippen LogP contribution is -2.52. The van der Waals surface area contributed by atoms with E-state index in [1.54, 1.807) is 0 Å². The quantitative estimate of drug-likeness (QED) is 0.754. The fraction of sp³-hybridized carbons (Fsp3) is 0.923. The molecule has 0 unspecified atom stereocenters. The number of hydrogen-bond donors (Lipinski definition) is 2. The molecule has 0 aromatic rings. The summed E-state index contributed by atoms with van der Waals surface area (Å²) in [6, 6.07) is 0. The van der Waals surface area contributed by atoms with Crippen molar-refractivity contribution in [3.05, 3.63) is 0 Å². The number of rotatable bonds is 5. The molecule has 0 bridgehead atoms. The van der Waals surface area contributed by atoms with Gasteiger partial charge in [-0.1, -0.05) is 20.3 Å². The van der Waals surface area contributed by atoms with Crippen LogP contribution in [0.4, 0.5) is 0 Å². The Hall–Kier alpha value is -0.570. The minimum Gasteiger partial charge on any atom is -0.354 e. The molecule has 0 aromatic carbocycles. The maximum atomic E-state index is 12.2. The normalized spacial score (nSPS) is 19.4. The first-order valence-electron chi connectivity index (χ1n) is 6.32. The Kier molecular flexibility index (Phi) is 4.00. The topological polar surface area (TPSA) is 55.1 Å². The number of hydrogen-bond acceptors (Lipinski definition) is 2. The molecule has 3 heteroatoms. The summed E-state index contributed by atoms with van der Waals surface area (Å²) in [5.41, 5.74) is 5.47. The van der Waals surface area contributed by atoms with Crippen molar-refractivity contribution in [2.24, 2.45) is 17.1 Å². The lowest BCUT2D eigenvalue weighted by atomic mass is 9.64. The highest BCUT2D eigenvalue weighted by atomic mass is 16.2. The predicted octanol–water partition coefficient (Wildman–Crippen LogP) is 2.06. The number of carbonyl (C=O) groups is 1. The average molecular weight is 226 g/mol. The van der Waals surface area contributed by atoms with Crippen LogP contribution in [0.3, 0.4) is 0 Å². The van der Waals surface area contributed by atoms with Gasteiger partial charge >= 0.3 is 0 Å². The maximum absolute atomic E-state index is 12.2. The van der Waals surface area contributed by atoms with Crippen molar-refractivity contribution in [1.29, 1.82) is 0 Å². The Morgan fingerprint density at radius 3 is 2.31 bits per heavy atom. The van der Waals surface area contributed by atoms with Gasteiger partial charge in [-0.3, -0.25) is 4.79 Å². The molecule has 0 radical (unpaired) electrons. The van der Waals surface area contributed by atoms with Gasteiger partial charge in [0.05, 0.1) is 0 Å². The molecule has 1 aliphatic rings. The van der Waals surface area contributed by atoms with Gasteiger partial charge in [0, 0.05) is 17.5 Å². The Morgan fingerprint density at radius 2 is 2.00 bits per heavy atom. The largest absolute Gasteiger partial charge is 0.354 e. The maximum Gasteiger partial charge on any atom is 0.226 e. The van der Waals surface area contributed by atoms with E-state index in [9.17, 15) is 4.79 Å². The van der Waals surface area contributed by atoms with Crippen LogP contribution in [0.25, 0.3) is 0 Å². The van der Waals surface area contributed by atoms with E-state index in [1.807, 2.05) is 13.8 Å². The molecule has 1 aliphatic carbocycles. The van der Waals surface area contributed by atoms with Gasteiger partial charge in [0.25, 0.3) is 0 Å². The summed E-state index contributed by atoms with van der Waals surface area (Å²) < 4.78 is 0. The van der Waals surface area contributed by atoms with E-state index in [4.69, 9.17) is 5.73 Å². The summed E-state index contributed by atoms with van der Waals surface area (Å²) >= 11 is 0. The molecule has 1 amide bonds. The molecule has 94 valence electrons. The van der Waals surface area contributed by atoms with Crippen LogP contribution < -0.4 is 11.1 Å². The number of nitrogens with two attached hydrogens (primary N) is 1. The van der Waals surface area contributed by atoms with Crippen molar-refractivity contribution >= 4 is 5.91 Å². The van der Waals surface area contributed by atoms with E-state index in [0.29, 0.717) is 12.5 Å². The summed E-state index contributed by atoms with van der Waals surface area (Å²) in [5.74, 6) is 0.794. The molecule has 0 atom stereocenters. The Bertz CT molecular complexity index is 249. The monoisotopic (exact) mass is 226 g/mol. The van der Waals surface area contributed by atoms with Gasteiger partial charge < -0.3 is 11.1 Å². The van der Waals surface area contributed by atoms with Crippen LogP contribution in [0.15, 0.2) is 0 Å². The van der Waals surface area contributed by atoms with E-state index < -0.39 is 0 Å². The smallest absolute Gasteiger partial charge is 0.226 e. The third-order valence-corrected chi connectivity index (χ3v) is 3.30. The van der Waals surface area contributed by atoms with Gasteiger partial charge in [-0.15, -0.1) is 0 Å². The van der Waals surface area contributed by atoms with Crippen LogP contribution >= 0.6 is 0 Å². The highest BCUT2D eigenvalue weighted by molar-refractivity contribution is 5.83. The van der Waals surface area contributed by atoms with Crippen LogP contribution in [-0.4, -0.2) is 18.0 Å². The van der Waals surface area contributed by atoms with Crippen LogP contribution in [0.1, 0.15) is 53.4 Å². The zero-order valence-electron chi connectivity index (χ0n) is 11.1. The predicted molar refractivity (Wildman–Crippen MR) is 67.0 cm³/mol. The summed E-state index contributed by atoms with van der Waals surface area (Å²) in [5, 5.41) is 3.01. The van der Waals surface area contributed by atoms with E-state index in [0.717, 1.165) is 19.3 Å². The standard InChI is InChI=1S/C13H26N2O/c1-10(2)8-13(6-5-7-13)11(16)15-9-12(3,4)14/h10H,5-9,14H2,1-4H3,(H,15,16). The van der Waals surface area contributed by atoms with Crippen molar-refractivity contribution < 1.29 is 4.79 Å². The van der Waals surface area contributed by atoms with Gasteiger partial charge in [-0.2, -0.15) is 0 Å². The van der Waals surface area contributed by atoms with Crippen LogP contribution in [0.5, 0.6) is 0 Å². The second-order valence-corrected chi connectivity index (χ2v) is 6.40. The van der Waals surface area contributed by atoms with E-state index >= 15 is 0 Å². The first-order chi connectivity index (χ1) is 7.25. The minimum atomic E-state index is -0.321. The second-order valence-electron chi connectivity index (χ2n) is 6.40. The zero-order valence-corrected chi connectivity index (χ0v) is 11.1. The van der Waals surface area contributed by atoms with Crippen molar-refractivity contribution in [2.75, 3.05) is 6.54 Å². The SMILES string of the molecule is CC(C)CC1(C(=O)NCC(C)(C)N)CCC1. The van der Waals surface area contributed by atoms with Gasteiger partial charge in [0.1, 0.15) is 0 Å². The second kappa shape index (κ2) is 4.74. The molecule has 0 aromatic heterocycles. The summed E-state index contributed by atoms with van der Waals surface area (Å²) in [4.78, 5) is 12.2. The Morgan fingerprint density at radius 1 is 1.44 bits per heavy atom. The van der Waals surface area contributed by atoms with Crippen LogP contribution in [-0.2, 0) is 4.79 Å². The minimum absolute atomic E-state index is 0.0839. The van der Waals surface area contributed by atoms with Gasteiger partial charge in [-0.05, 0) is 39.0 Å². The third-order valence-electron chi connectivity index (χ3n) is 3.30. The molecule has 0 saturated heterocycles. The highest BCUT2D eigenvalue weighted by Crippen LogP contribution is 2.46. The molecular formula is C13H26N2O. The Balaban J connectivity index is 2.50. The van der Waals surface area contributed by atoms with Crippen molar-refractivity contribution in [2.45, 2.75) is 58.9 Å². The van der Waals surface area contributed by atoms with Crippen molar-refractivity contribution in [3.63, 3.8) is 0 Å². The molecule has 0 spiro atoms. The van der Waals surface area contributed by atoms with E-state index in [2.05, 4.69) is 19.2 Å². The molecule has 3 N–H and O–H groups in total. The lowest BCUT2D eigenvalue weighted by Gasteiger charge is -2.42. The van der Waals surface area contributed by atoms with E-state index in [1.165, 1.54) is 6.42 Å². The molecule has 3 nitrogen and oxygen atoms in total. The summed E-state index contributed by atoms with van der Waals surface area (Å²) in [6.07, 6.45) is 4.28. The molecule has 16 heavy (non-hydrogen) atoms. The molecule has 1 rings (SSSR count). The van der Waals surface area contributed by atoms with Crippen molar-refractivity contribution in [1.82, 2.24) is 5.32 Å². The lowest BCUT2D eigenvalue weighted by molar-refractivity contribution is -0.137. The van der Waals surface area contributed by atoms with Crippen LogP contribution in [0.2, 0.25) is 0 Å². The fourth-order valence-electron chi connectivity index (χ4n) is 2.40. The first kappa shape index (κ1) is 13.5. The molecule has 0 heterocycles. The summed E-state index contributed by atoms with van der Waals surface area (Å²) in [6.45, 7) is 8.79. The van der Waals surface area contributed by atoms with Gasteiger partial charge in [-0.25, -0.2) is 0 Å². The third kappa shape index (κ3) is 3.48. The fourth-order valence-corrected chi connectivity index (χ4v) is 2.40. The van der Waals surface area contributed by atoms with E-state index in [-0.39, 0.29) is 16.9 Å². The summed E-state index contributed by atoms with van der Waals surface area (Å²) in [7, 11) is 0. The van der Waals surface area contributed by atoms with Crippen molar-refractivity contribution in [3.8, 4) is 0 Å².